The Balaban J connectivity index is 1.87. The van der Waals surface area contributed by atoms with Gasteiger partial charge < -0.3 is 10.1 Å². The molecular formula is C24H28F3NO2. The molecule has 1 fully saturated rings. The highest BCUT2D eigenvalue weighted by atomic mass is 19.4. The van der Waals surface area contributed by atoms with E-state index in [1.807, 2.05) is 31.2 Å². The molecule has 1 atom stereocenters. The molecule has 2 aromatic carbocycles. The molecule has 3 rings (SSSR count). The smallest absolute Gasteiger partial charge is 0.381 e. The van der Waals surface area contributed by atoms with Gasteiger partial charge >= 0.3 is 6.18 Å². The van der Waals surface area contributed by atoms with E-state index in [9.17, 15) is 18.0 Å². The molecule has 0 radical (unpaired) electrons. The first-order valence-corrected chi connectivity index (χ1v) is 10.3. The maximum Gasteiger partial charge on any atom is 0.416 e. The van der Waals surface area contributed by atoms with Gasteiger partial charge in [0.25, 0.3) is 0 Å². The highest BCUT2D eigenvalue weighted by molar-refractivity contribution is 5.88. The molecule has 0 aliphatic carbocycles. The van der Waals surface area contributed by atoms with E-state index in [0.717, 1.165) is 17.7 Å². The minimum atomic E-state index is -4.45. The van der Waals surface area contributed by atoms with Crippen LogP contribution < -0.4 is 5.32 Å². The molecule has 1 saturated heterocycles. The summed E-state index contributed by atoms with van der Waals surface area (Å²) in [6.45, 7) is 6.79. The molecule has 2 aromatic rings. The van der Waals surface area contributed by atoms with E-state index in [4.69, 9.17) is 4.74 Å². The van der Waals surface area contributed by atoms with Crippen molar-refractivity contribution >= 4 is 5.91 Å². The predicted octanol–water partition coefficient (Wildman–Crippen LogP) is 5.75. The fourth-order valence-electron chi connectivity index (χ4n) is 3.95. The van der Waals surface area contributed by atoms with Crippen molar-refractivity contribution in [3.8, 4) is 0 Å². The molecule has 1 heterocycles. The van der Waals surface area contributed by atoms with E-state index in [1.165, 1.54) is 11.6 Å². The SMILES string of the molecule is CC(C)c1ccc(C(C)NC(=O)C2(c3cccc(C(F)(F)F)c3)CCOCC2)cc1. The lowest BCUT2D eigenvalue weighted by atomic mass is 9.72. The number of carbonyl (C=O) groups is 1. The van der Waals surface area contributed by atoms with Gasteiger partial charge in [0.2, 0.25) is 5.91 Å². The highest BCUT2D eigenvalue weighted by Crippen LogP contribution is 2.39. The summed E-state index contributed by atoms with van der Waals surface area (Å²) in [6, 6.07) is 12.9. The first kappa shape index (κ1) is 22.3. The average Bonchev–Trinajstić information content (AvgIpc) is 2.73. The number of ether oxygens (including phenoxy) is 1. The summed E-state index contributed by atoms with van der Waals surface area (Å²) in [5.74, 6) is 0.154. The van der Waals surface area contributed by atoms with Crippen molar-refractivity contribution in [2.24, 2.45) is 0 Å². The lowest BCUT2D eigenvalue weighted by molar-refractivity contribution is -0.138. The Labute approximate surface area is 175 Å². The third-order valence-corrected chi connectivity index (χ3v) is 5.97. The molecule has 1 N–H and O–H groups in total. The van der Waals surface area contributed by atoms with Crippen LogP contribution in [0.3, 0.4) is 0 Å². The van der Waals surface area contributed by atoms with Gasteiger partial charge in [-0.3, -0.25) is 4.79 Å². The average molecular weight is 419 g/mol. The first-order chi connectivity index (χ1) is 14.1. The van der Waals surface area contributed by atoms with E-state index < -0.39 is 17.2 Å². The van der Waals surface area contributed by atoms with Crippen molar-refractivity contribution in [1.29, 1.82) is 0 Å². The molecule has 3 nitrogen and oxygen atoms in total. The Morgan fingerprint density at radius 2 is 1.60 bits per heavy atom. The van der Waals surface area contributed by atoms with Crippen molar-refractivity contribution < 1.29 is 22.7 Å². The lowest BCUT2D eigenvalue weighted by Gasteiger charge is -2.37. The Kier molecular flexibility index (Phi) is 6.56. The largest absolute Gasteiger partial charge is 0.416 e. The molecule has 30 heavy (non-hydrogen) atoms. The quantitative estimate of drug-likeness (QED) is 0.670. The van der Waals surface area contributed by atoms with Crippen molar-refractivity contribution in [2.75, 3.05) is 13.2 Å². The minimum Gasteiger partial charge on any atom is -0.381 e. The second-order valence-electron chi connectivity index (χ2n) is 8.29. The highest BCUT2D eigenvalue weighted by Gasteiger charge is 2.43. The zero-order chi connectivity index (χ0) is 21.9. The molecule has 0 spiro atoms. The molecule has 1 aliphatic rings. The molecule has 6 heteroatoms. The topological polar surface area (TPSA) is 38.3 Å². The van der Waals surface area contributed by atoms with Gasteiger partial charge in [-0.15, -0.1) is 0 Å². The molecule has 1 aliphatic heterocycles. The second kappa shape index (κ2) is 8.80. The summed E-state index contributed by atoms with van der Waals surface area (Å²) in [5.41, 5.74) is 0.781. The van der Waals surface area contributed by atoms with Crippen molar-refractivity contribution in [2.45, 2.75) is 57.2 Å². The van der Waals surface area contributed by atoms with E-state index >= 15 is 0 Å². The Bertz CT molecular complexity index is 869. The summed E-state index contributed by atoms with van der Waals surface area (Å²) in [7, 11) is 0. The van der Waals surface area contributed by atoms with Crippen molar-refractivity contribution in [1.82, 2.24) is 5.32 Å². The summed E-state index contributed by atoms with van der Waals surface area (Å²) in [5, 5.41) is 3.04. The summed E-state index contributed by atoms with van der Waals surface area (Å²) in [4.78, 5) is 13.4. The van der Waals surface area contributed by atoms with Gasteiger partial charge in [-0.25, -0.2) is 0 Å². The standard InChI is InChI=1S/C24H28F3NO2/c1-16(2)18-7-9-19(10-8-18)17(3)28-22(29)23(11-13-30-14-12-23)20-5-4-6-21(15-20)24(25,26)27/h4-10,15-17H,11-14H2,1-3H3,(H,28,29). The predicted molar refractivity (Wildman–Crippen MR) is 110 cm³/mol. The van der Waals surface area contributed by atoms with Crippen LogP contribution in [0.4, 0.5) is 13.2 Å². The fourth-order valence-corrected chi connectivity index (χ4v) is 3.95. The number of carbonyl (C=O) groups excluding carboxylic acids is 1. The van der Waals surface area contributed by atoms with Gasteiger partial charge in [0, 0.05) is 13.2 Å². The molecule has 0 bridgehead atoms. The third kappa shape index (κ3) is 4.69. The van der Waals surface area contributed by atoms with Crippen LogP contribution in [0.15, 0.2) is 48.5 Å². The number of benzene rings is 2. The molecule has 1 amide bonds. The third-order valence-electron chi connectivity index (χ3n) is 5.97. The number of nitrogens with one attached hydrogen (secondary N) is 1. The maximum atomic E-state index is 13.4. The van der Waals surface area contributed by atoms with Crippen LogP contribution in [0.25, 0.3) is 0 Å². The first-order valence-electron chi connectivity index (χ1n) is 10.3. The molecule has 0 aromatic heterocycles. The van der Waals surface area contributed by atoms with Crippen molar-refractivity contribution in [3.63, 3.8) is 0 Å². The second-order valence-corrected chi connectivity index (χ2v) is 8.29. The monoisotopic (exact) mass is 419 g/mol. The zero-order valence-electron chi connectivity index (χ0n) is 17.6. The number of amides is 1. The van der Waals surface area contributed by atoms with Crippen LogP contribution in [0.1, 0.15) is 67.8 Å². The van der Waals surface area contributed by atoms with E-state index in [0.29, 0.717) is 37.5 Å². The van der Waals surface area contributed by atoms with E-state index in [1.54, 1.807) is 6.07 Å². The van der Waals surface area contributed by atoms with Gasteiger partial charge in [0.05, 0.1) is 17.0 Å². The summed E-state index contributed by atoms with van der Waals surface area (Å²) < 4.78 is 45.2. The fraction of sp³-hybridized carbons (Fsp3) is 0.458. The molecule has 0 saturated carbocycles. The Hall–Kier alpha value is -2.34. The van der Waals surface area contributed by atoms with Crippen LogP contribution in [-0.2, 0) is 21.1 Å². The number of rotatable bonds is 5. The van der Waals surface area contributed by atoms with E-state index in [-0.39, 0.29) is 11.9 Å². The van der Waals surface area contributed by atoms with Crippen LogP contribution in [0.2, 0.25) is 0 Å². The van der Waals surface area contributed by atoms with Crippen LogP contribution in [0.5, 0.6) is 0 Å². The zero-order valence-corrected chi connectivity index (χ0v) is 17.6. The van der Waals surface area contributed by atoms with Gasteiger partial charge in [-0.1, -0.05) is 56.3 Å². The number of halogens is 3. The number of hydrogen-bond acceptors (Lipinski definition) is 2. The number of hydrogen-bond donors (Lipinski definition) is 1. The van der Waals surface area contributed by atoms with Gasteiger partial charge in [-0.05, 0) is 48.4 Å². The Morgan fingerprint density at radius 1 is 1.00 bits per heavy atom. The minimum absolute atomic E-state index is 0.259. The van der Waals surface area contributed by atoms with Crippen LogP contribution in [-0.4, -0.2) is 19.1 Å². The van der Waals surface area contributed by atoms with Gasteiger partial charge in [0.1, 0.15) is 0 Å². The van der Waals surface area contributed by atoms with Crippen LogP contribution in [0, 0.1) is 0 Å². The normalized spacial score (nSPS) is 17.6. The lowest BCUT2D eigenvalue weighted by Crippen LogP contribution is -2.48. The maximum absolute atomic E-state index is 13.4. The van der Waals surface area contributed by atoms with Crippen molar-refractivity contribution in [3.05, 3.63) is 70.8 Å². The summed E-state index contributed by atoms with van der Waals surface area (Å²) in [6.07, 6.45) is -3.76. The summed E-state index contributed by atoms with van der Waals surface area (Å²) >= 11 is 0. The number of alkyl halides is 3. The van der Waals surface area contributed by atoms with E-state index in [2.05, 4.69) is 19.2 Å². The molecule has 162 valence electrons. The van der Waals surface area contributed by atoms with Gasteiger partial charge in [-0.2, -0.15) is 13.2 Å². The van der Waals surface area contributed by atoms with Crippen LogP contribution >= 0.6 is 0 Å². The van der Waals surface area contributed by atoms with Gasteiger partial charge in [0.15, 0.2) is 0 Å². The Morgan fingerprint density at radius 3 is 2.17 bits per heavy atom. The molecular weight excluding hydrogens is 391 g/mol. The molecule has 1 unspecified atom stereocenters.